The topological polar surface area (TPSA) is 76.0 Å². The Hall–Kier alpha value is -0.920. The lowest BCUT2D eigenvalue weighted by atomic mass is 10.0. The molecule has 1 fully saturated rings. The maximum absolute atomic E-state index is 12.3. The van der Waals surface area contributed by atoms with Crippen molar-refractivity contribution in [3.05, 3.63) is 12.4 Å². The first-order valence-electron chi connectivity index (χ1n) is 7.62. The second-order valence-corrected chi connectivity index (χ2v) is 8.09. The van der Waals surface area contributed by atoms with Gasteiger partial charge in [0.05, 0.1) is 12.7 Å². The van der Waals surface area contributed by atoms with Gasteiger partial charge in [0.15, 0.2) is 0 Å². The Bertz CT molecular complexity index is 561. The number of nitrogens with zero attached hydrogens (tertiary/aromatic N) is 2. The van der Waals surface area contributed by atoms with Gasteiger partial charge in [0, 0.05) is 24.3 Å². The van der Waals surface area contributed by atoms with Crippen LogP contribution >= 0.6 is 0 Å². The minimum Gasteiger partial charge on any atom is -0.312 e. The van der Waals surface area contributed by atoms with Crippen molar-refractivity contribution < 1.29 is 8.42 Å². The average Bonchev–Trinajstić information content (AvgIpc) is 3.03. The van der Waals surface area contributed by atoms with Gasteiger partial charge in [-0.2, -0.15) is 5.10 Å². The Balaban J connectivity index is 1.94. The molecule has 1 aromatic rings. The molecule has 1 aliphatic carbocycles. The van der Waals surface area contributed by atoms with Gasteiger partial charge in [-0.15, -0.1) is 0 Å². The lowest BCUT2D eigenvalue weighted by Crippen LogP contribution is -2.43. The van der Waals surface area contributed by atoms with Crippen LogP contribution < -0.4 is 10.0 Å². The van der Waals surface area contributed by atoms with Crippen molar-refractivity contribution in [1.82, 2.24) is 19.8 Å². The van der Waals surface area contributed by atoms with Crippen LogP contribution in [0.15, 0.2) is 17.3 Å². The van der Waals surface area contributed by atoms with Gasteiger partial charge in [-0.25, -0.2) is 13.1 Å². The predicted molar refractivity (Wildman–Crippen MR) is 82.6 cm³/mol. The SMILES string of the molecule is CCCC(C)(C)NS(=O)(=O)c1cnn(CCNC2CC2)c1. The molecule has 0 atom stereocenters. The third-order valence-corrected chi connectivity index (χ3v) is 5.21. The number of hydrogen-bond acceptors (Lipinski definition) is 4. The van der Waals surface area contributed by atoms with Gasteiger partial charge in [-0.05, 0) is 33.1 Å². The van der Waals surface area contributed by atoms with Crippen LogP contribution in [0.3, 0.4) is 0 Å². The van der Waals surface area contributed by atoms with Crippen LogP contribution in [0.2, 0.25) is 0 Å². The second-order valence-electron chi connectivity index (χ2n) is 6.41. The standard InChI is InChI=1S/C14H26N4O2S/c1-4-7-14(2,3)17-21(19,20)13-10-16-18(11-13)9-8-15-12-5-6-12/h10-12,15,17H,4-9H2,1-3H3. The van der Waals surface area contributed by atoms with Gasteiger partial charge in [-0.1, -0.05) is 13.3 Å². The largest absolute Gasteiger partial charge is 0.312 e. The van der Waals surface area contributed by atoms with Crippen molar-refractivity contribution in [2.75, 3.05) is 6.54 Å². The molecule has 2 N–H and O–H groups in total. The minimum absolute atomic E-state index is 0.234. The van der Waals surface area contributed by atoms with Crippen LogP contribution in [-0.4, -0.2) is 36.3 Å². The van der Waals surface area contributed by atoms with Gasteiger partial charge < -0.3 is 5.32 Å². The molecule has 2 rings (SSSR count). The Morgan fingerprint density at radius 1 is 1.43 bits per heavy atom. The number of nitrogens with one attached hydrogen (secondary N) is 2. The fourth-order valence-electron chi connectivity index (χ4n) is 2.38. The molecule has 0 bridgehead atoms. The zero-order valence-corrected chi connectivity index (χ0v) is 13.9. The smallest absolute Gasteiger partial charge is 0.244 e. The van der Waals surface area contributed by atoms with E-state index in [0.29, 0.717) is 12.6 Å². The van der Waals surface area contributed by atoms with Gasteiger partial charge in [0.2, 0.25) is 10.0 Å². The summed E-state index contributed by atoms with van der Waals surface area (Å²) < 4.78 is 29.1. The van der Waals surface area contributed by atoms with E-state index < -0.39 is 15.6 Å². The van der Waals surface area contributed by atoms with E-state index in [4.69, 9.17) is 0 Å². The molecular formula is C14H26N4O2S. The van der Waals surface area contributed by atoms with Crippen LogP contribution in [0, 0.1) is 0 Å². The molecule has 6 nitrogen and oxygen atoms in total. The maximum atomic E-state index is 12.3. The molecule has 21 heavy (non-hydrogen) atoms. The monoisotopic (exact) mass is 314 g/mol. The molecule has 7 heteroatoms. The summed E-state index contributed by atoms with van der Waals surface area (Å²) >= 11 is 0. The molecule has 1 heterocycles. The molecular weight excluding hydrogens is 288 g/mol. The molecule has 120 valence electrons. The van der Waals surface area contributed by atoms with Crippen LogP contribution in [0.25, 0.3) is 0 Å². The normalized spacial score (nSPS) is 16.3. The molecule has 0 aliphatic heterocycles. The number of hydrogen-bond donors (Lipinski definition) is 2. The van der Waals surface area contributed by atoms with Crippen LogP contribution in [-0.2, 0) is 16.6 Å². The van der Waals surface area contributed by atoms with Crippen molar-refractivity contribution in [1.29, 1.82) is 0 Å². The van der Waals surface area contributed by atoms with Crippen molar-refractivity contribution in [3.63, 3.8) is 0 Å². The van der Waals surface area contributed by atoms with Gasteiger partial charge in [0.25, 0.3) is 0 Å². The summed E-state index contributed by atoms with van der Waals surface area (Å²) in [6.45, 7) is 7.35. The highest BCUT2D eigenvalue weighted by molar-refractivity contribution is 7.89. The van der Waals surface area contributed by atoms with E-state index in [9.17, 15) is 8.42 Å². The highest BCUT2D eigenvalue weighted by atomic mass is 32.2. The third-order valence-electron chi connectivity index (χ3n) is 3.56. The molecule has 1 aromatic heterocycles. The van der Waals surface area contributed by atoms with Crippen LogP contribution in [0.1, 0.15) is 46.5 Å². The molecule has 0 radical (unpaired) electrons. The third kappa shape index (κ3) is 5.09. The van der Waals surface area contributed by atoms with E-state index in [1.807, 2.05) is 20.8 Å². The zero-order valence-electron chi connectivity index (χ0n) is 13.1. The van der Waals surface area contributed by atoms with Crippen molar-refractivity contribution in [3.8, 4) is 0 Å². The van der Waals surface area contributed by atoms with E-state index in [-0.39, 0.29) is 4.90 Å². The van der Waals surface area contributed by atoms with Gasteiger partial charge in [0.1, 0.15) is 4.90 Å². The number of aromatic nitrogens is 2. The summed E-state index contributed by atoms with van der Waals surface area (Å²) in [4.78, 5) is 0.234. The average molecular weight is 314 g/mol. The molecule has 0 saturated heterocycles. The summed E-state index contributed by atoms with van der Waals surface area (Å²) in [5, 5.41) is 7.52. The van der Waals surface area contributed by atoms with Gasteiger partial charge in [-0.3, -0.25) is 4.68 Å². The van der Waals surface area contributed by atoms with E-state index in [2.05, 4.69) is 15.1 Å². The van der Waals surface area contributed by atoms with E-state index in [0.717, 1.165) is 19.4 Å². The molecule has 0 amide bonds. The first-order chi connectivity index (χ1) is 9.82. The van der Waals surface area contributed by atoms with Crippen LogP contribution in [0.5, 0.6) is 0 Å². The quantitative estimate of drug-likeness (QED) is 0.724. The molecule has 0 spiro atoms. The molecule has 0 unspecified atom stereocenters. The van der Waals surface area contributed by atoms with Crippen LogP contribution in [0.4, 0.5) is 0 Å². The summed E-state index contributed by atoms with van der Waals surface area (Å²) in [5.41, 5.74) is -0.441. The second kappa shape index (κ2) is 6.46. The Labute approximate surface area is 127 Å². The Morgan fingerprint density at radius 2 is 2.14 bits per heavy atom. The first-order valence-corrected chi connectivity index (χ1v) is 9.10. The highest BCUT2D eigenvalue weighted by Crippen LogP contribution is 2.18. The number of sulfonamides is 1. The molecule has 1 saturated carbocycles. The lowest BCUT2D eigenvalue weighted by Gasteiger charge is -2.24. The summed E-state index contributed by atoms with van der Waals surface area (Å²) in [7, 11) is -3.50. The highest BCUT2D eigenvalue weighted by Gasteiger charge is 2.26. The van der Waals surface area contributed by atoms with E-state index in [1.54, 1.807) is 10.9 Å². The van der Waals surface area contributed by atoms with Crippen molar-refractivity contribution >= 4 is 10.0 Å². The van der Waals surface area contributed by atoms with E-state index >= 15 is 0 Å². The Morgan fingerprint density at radius 3 is 2.76 bits per heavy atom. The Kier molecular flexibility index (Phi) is 5.06. The predicted octanol–water partition coefficient (Wildman–Crippen LogP) is 1.49. The fraction of sp³-hybridized carbons (Fsp3) is 0.786. The molecule has 1 aliphatic rings. The van der Waals surface area contributed by atoms with Crippen molar-refractivity contribution in [2.45, 2.75) is 69.5 Å². The molecule has 0 aromatic carbocycles. The van der Waals surface area contributed by atoms with E-state index in [1.165, 1.54) is 19.0 Å². The zero-order chi connectivity index (χ0) is 15.5. The summed E-state index contributed by atoms with van der Waals surface area (Å²) in [5.74, 6) is 0. The lowest BCUT2D eigenvalue weighted by molar-refractivity contribution is 0.417. The van der Waals surface area contributed by atoms with Crippen molar-refractivity contribution in [2.24, 2.45) is 0 Å². The minimum atomic E-state index is -3.50. The first kappa shape index (κ1) is 16.5. The summed E-state index contributed by atoms with van der Waals surface area (Å²) in [6, 6.07) is 0.653. The summed E-state index contributed by atoms with van der Waals surface area (Å²) in [6.07, 6.45) is 7.23. The maximum Gasteiger partial charge on any atom is 0.244 e. The fourth-order valence-corrected chi connectivity index (χ4v) is 3.77. The number of rotatable bonds is 9. The van der Waals surface area contributed by atoms with Gasteiger partial charge >= 0.3 is 0 Å².